The van der Waals surface area contributed by atoms with E-state index in [1.54, 1.807) is 0 Å². The number of Topliss-reactive ketones (excluding diaryl/α,β-unsaturated/α-hetero) is 2. The van der Waals surface area contributed by atoms with E-state index in [4.69, 9.17) is 10.1 Å². The van der Waals surface area contributed by atoms with Crippen LogP contribution in [0.4, 0.5) is 0 Å². The highest BCUT2D eigenvalue weighted by Crippen LogP contribution is 2.10. The van der Waals surface area contributed by atoms with Crippen molar-refractivity contribution in [2.75, 3.05) is 0 Å². The molecule has 0 unspecified atom stereocenters. The van der Waals surface area contributed by atoms with Crippen LogP contribution in [0.5, 0.6) is 0 Å². The molecule has 162 valence electrons. The number of aldehydes is 2. The third kappa shape index (κ3) is 6.46. The molecule has 10 nitrogen and oxygen atoms in total. The average Bonchev–Trinajstić information content (AvgIpc) is 2.81. The molecule has 0 radical (unpaired) electrons. The Labute approximate surface area is 180 Å². The molecule has 10 heteroatoms. The quantitative estimate of drug-likeness (QED) is 0.117. The Kier molecular flexibility index (Phi) is 8.12. The maximum absolute atomic E-state index is 12.0. The Bertz CT molecular complexity index is 1010. The highest BCUT2D eigenvalue weighted by atomic mass is 16.6. The molecule has 0 bridgehead atoms. The monoisotopic (exact) mass is 437 g/mol. The molecule has 0 aromatic heterocycles. The van der Waals surface area contributed by atoms with Crippen LogP contribution in [-0.2, 0) is 23.9 Å². The first-order chi connectivity index (χ1) is 15.2. The predicted octanol–water partition coefficient (Wildman–Crippen LogP) is 1.75. The summed E-state index contributed by atoms with van der Waals surface area (Å²) in [4.78, 5) is 79.0. The fourth-order valence-corrected chi connectivity index (χ4v) is 2.33. The minimum atomic E-state index is -0.992. The highest BCUT2D eigenvalue weighted by molar-refractivity contribution is 6.33. The summed E-state index contributed by atoms with van der Waals surface area (Å²) < 4.78 is 9.41. The van der Waals surface area contributed by atoms with E-state index >= 15 is 0 Å². The van der Waals surface area contributed by atoms with E-state index in [2.05, 4.69) is 4.74 Å². The van der Waals surface area contributed by atoms with Crippen molar-refractivity contribution in [2.24, 2.45) is 0 Å². The van der Waals surface area contributed by atoms with Crippen molar-refractivity contribution in [1.29, 1.82) is 5.41 Å². The number of carbonyl (C=O) groups is 7. The summed E-state index contributed by atoms with van der Waals surface area (Å²) in [5.41, 5.74) is 0.150. The smallest absolute Gasteiger partial charge is 0.345 e. The van der Waals surface area contributed by atoms with Gasteiger partial charge in [-0.15, -0.1) is 0 Å². The molecule has 0 aliphatic heterocycles. The van der Waals surface area contributed by atoms with Crippen molar-refractivity contribution >= 4 is 47.9 Å². The van der Waals surface area contributed by atoms with E-state index in [0.29, 0.717) is 0 Å². The molecule has 0 saturated heterocycles. The van der Waals surface area contributed by atoms with Gasteiger partial charge in [-0.05, 0) is 24.3 Å². The van der Waals surface area contributed by atoms with Gasteiger partial charge in [0.1, 0.15) is 0 Å². The van der Waals surface area contributed by atoms with Crippen molar-refractivity contribution in [3.63, 3.8) is 0 Å². The largest absolute Gasteiger partial charge is 0.409 e. The highest BCUT2D eigenvalue weighted by Gasteiger charge is 2.17. The predicted molar refractivity (Wildman–Crippen MR) is 106 cm³/mol. The molecule has 0 aliphatic carbocycles. The van der Waals surface area contributed by atoms with Crippen LogP contribution in [0.1, 0.15) is 54.3 Å². The lowest BCUT2D eigenvalue weighted by molar-refractivity contribution is -0.137. The molecule has 2 aromatic carbocycles. The van der Waals surface area contributed by atoms with E-state index in [0.717, 1.165) is 0 Å². The van der Waals surface area contributed by atoms with Crippen molar-refractivity contribution in [3.05, 3.63) is 70.8 Å². The summed E-state index contributed by atoms with van der Waals surface area (Å²) >= 11 is 0. The zero-order valence-corrected chi connectivity index (χ0v) is 16.4. The molecule has 2 aromatic rings. The summed E-state index contributed by atoms with van der Waals surface area (Å²) in [6, 6.07) is 9.87. The van der Waals surface area contributed by atoms with Crippen LogP contribution in [0.2, 0.25) is 0 Å². The number of carbonyl (C=O) groups excluding carboxylic acids is 7. The number of ketones is 2. The lowest BCUT2D eigenvalue weighted by Crippen LogP contribution is -2.16. The average molecular weight is 437 g/mol. The Morgan fingerprint density at radius 1 is 0.625 bits per heavy atom. The van der Waals surface area contributed by atoms with Crippen molar-refractivity contribution < 1.29 is 43.0 Å². The van der Waals surface area contributed by atoms with Gasteiger partial charge < -0.3 is 9.47 Å². The van der Waals surface area contributed by atoms with Crippen LogP contribution < -0.4 is 0 Å². The summed E-state index contributed by atoms with van der Waals surface area (Å²) in [5.74, 6) is -4.94. The maximum Gasteiger partial charge on any atom is 0.345 e. The zero-order chi connectivity index (χ0) is 23.7. The number of ether oxygens (including phenoxy) is 2. The lowest BCUT2D eigenvalue weighted by Gasteiger charge is -2.06. The summed E-state index contributed by atoms with van der Waals surface area (Å²) in [7, 11) is 0. The Morgan fingerprint density at radius 3 is 1.41 bits per heavy atom. The van der Waals surface area contributed by atoms with Crippen LogP contribution in [0.25, 0.3) is 0 Å². The molecule has 2 rings (SSSR count). The van der Waals surface area contributed by atoms with Gasteiger partial charge in [0.05, 0.1) is 17.5 Å². The van der Waals surface area contributed by atoms with Crippen molar-refractivity contribution in [1.82, 2.24) is 0 Å². The van der Waals surface area contributed by atoms with E-state index in [9.17, 15) is 33.6 Å². The van der Waals surface area contributed by atoms with Crippen LogP contribution in [-0.4, -0.2) is 47.9 Å². The molecule has 0 fully saturated rings. The summed E-state index contributed by atoms with van der Waals surface area (Å²) in [5, 5.41) is 7.63. The van der Waals surface area contributed by atoms with Gasteiger partial charge in [0, 0.05) is 17.5 Å². The standard InChI is InChI=1S/C22H15NO9/c23-19(31-21(29)15-5-1-13(2-6-15)17(26)11-24)9-10-20(28)32-22(30)16-7-3-14(4-8-16)18(27)12-25/h1-8,11-12,23H,9-10H2. The number of nitrogens with one attached hydrogen (secondary N) is 1. The van der Waals surface area contributed by atoms with Gasteiger partial charge >= 0.3 is 17.9 Å². The SMILES string of the molecule is N=C(CCC(=O)OC(=O)c1ccc(C(=O)C=O)cc1)OC(=O)c1ccc(C(=O)C=O)cc1. The van der Waals surface area contributed by atoms with E-state index in [1.165, 1.54) is 48.5 Å². The number of benzene rings is 2. The first-order valence-electron chi connectivity index (χ1n) is 8.99. The number of rotatable bonds is 9. The molecule has 1 N–H and O–H groups in total. The summed E-state index contributed by atoms with van der Waals surface area (Å²) in [6.45, 7) is 0. The minimum Gasteiger partial charge on any atom is -0.409 e. The number of hydrogen-bond donors (Lipinski definition) is 1. The first-order valence-corrected chi connectivity index (χ1v) is 8.99. The van der Waals surface area contributed by atoms with Gasteiger partial charge in [-0.3, -0.25) is 29.4 Å². The van der Waals surface area contributed by atoms with Gasteiger partial charge in [0.2, 0.25) is 11.6 Å². The number of esters is 3. The fraction of sp³-hybridized carbons (Fsp3) is 0.0909. The normalized spacial score (nSPS) is 9.88. The topological polar surface area (TPSA) is 162 Å². The molecule has 32 heavy (non-hydrogen) atoms. The Balaban J connectivity index is 1.82. The third-order valence-corrected chi connectivity index (χ3v) is 4.00. The van der Waals surface area contributed by atoms with Gasteiger partial charge in [-0.2, -0.15) is 0 Å². The molecule has 0 aliphatic rings. The van der Waals surface area contributed by atoms with E-state index in [1.807, 2.05) is 0 Å². The first kappa shape index (κ1) is 23.7. The fourth-order valence-electron chi connectivity index (χ4n) is 2.33. The molecule has 0 amide bonds. The molecular weight excluding hydrogens is 422 g/mol. The summed E-state index contributed by atoms with van der Waals surface area (Å²) in [6.07, 6.45) is -0.488. The van der Waals surface area contributed by atoms with Crippen LogP contribution >= 0.6 is 0 Å². The Morgan fingerprint density at radius 2 is 1.00 bits per heavy atom. The zero-order valence-electron chi connectivity index (χ0n) is 16.4. The second-order valence-electron chi connectivity index (χ2n) is 6.19. The maximum atomic E-state index is 12.0. The second-order valence-corrected chi connectivity index (χ2v) is 6.19. The molecule has 0 saturated carbocycles. The van der Waals surface area contributed by atoms with Gasteiger partial charge in [-0.1, -0.05) is 24.3 Å². The second kappa shape index (κ2) is 11.0. The Hall–Kier alpha value is -4.60. The van der Waals surface area contributed by atoms with Gasteiger partial charge in [0.15, 0.2) is 18.5 Å². The van der Waals surface area contributed by atoms with Gasteiger partial charge in [0.25, 0.3) is 0 Å². The van der Waals surface area contributed by atoms with Crippen molar-refractivity contribution in [2.45, 2.75) is 12.8 Å². The van der Waals surface area contributed by atoms with E-state index < -0.39 is 41.8 Å². The molecule has 0 spiro atoms. The van der Waals surface area contributed by atoms with Gasteiger partial charge in [-0.25, -0.2) is 9.59 Å². The number of hydrogen-bond acceptors (Lipinski definition) is 10. The molecule has 0 atom stereocenters. The van der Waals surface area contributed by atoms with Crippen LogP contribution in [0.3, 0.4) is 0 Å². The lowest BCUT2D eigenvalue weighted by atomic mass is 10.1. The van der Waals surface area contributed by atoms with Crippen LogP contribution in [0.15, 0.2) is 48.5 Å². The van der Waals surface area contributed by atoms with E-state index in [-0.39, 0.29) is 41.2 Å². The third-order valence-electron chi connectivity index (χ3n) is 4.00. The molecular formula is C22H15NO9. The van der Waals surface area contributed by atoms with Crippen molar-refractivity contribution in [3.8, 4) is 0 Å². The minimum absolute atomic E-state index is 0.0199. The molecule has 0 heterocycles. The van der Waals surface area contributed by atoms with Crippen LogP contribution in [0, 0.1) is 5.41 Å².